The monoisotopic (exact) mass is 339 g/mol. The molecule has 1 aromatic carbocycles. The first kappa shape index (κ1) is 13.8. The third kappa shape index (κ3) is 3.42. The van der Waals surface area contributed by atoms with Crippen LogP contribution in [0.4, 0.5) is 5.69 Å². The van der Waals surface area contributed by atoms with E-state index in [4.69, 9.17) is 5.11 Å². The summed E-state index contributed by atoms with van der Waals surface area (Å²) in [7, 11) is 0. The van der Waals surface area contributed by atoms with E-state index in [0.717, 1.165) is 3.79 Å². The molecule has 0 saturated heterocycles. The molecule has 2 rings (SSSR count). The number of para-hydroxylation sites is 1. The highest BCUT2D eigenvalue weighted by atomic mass is 79.9. The standard InChI is InChI=1S/C13H10BrNO3S/c14-11-6-9(8-19-11)13(18)15(7-12(16)17)10-4-2-1-3-5-10/h1-6,8H,7H2,(H,16,17). The molecule has 1 aromatic heterocycles. The van der Waals surface area contributed by atoms with Gasteiger partial charge < -0.3 is 5.11 Å². The minimum absolute atomic E-state index is 0.324. The van der Waals surface area contributed by atoms with Crippen molar-refractivity contribution in [2.24, 2.45) is 0 Å². The van der Waals surface area contributed by atoms with E-state index in [9.17, 15) is 9.59 Å². The van der Waals surface area contributed by atoms with Crippen molar-refractivity contribution in [1.29, 1.82) is 0 Å². The number of halogens is 1. The number of carboxylic acid groups (broad SMARTS) is 1. The Kier molecular flexibility index (Phi) is 4.34. The van der Waals surface area contributed by atoms with E-state index in [-0.39, 0.29) is 12.5 Å². The van der Waals surface area contributed by atoms with E-state index in [2.05, 4.69) is 15.9 Å². The smallest absolute Gasteiger partial charge is 0.323 e. The van der Waals surface area contributed by atoms with Crippen molar-refractivity contribution >= 4 is 44.8 Å². The predicted molar refractivity (Wildman–Crippen MR) is 77.8 cm³/mol. The van der Waals surface area contributed by atoms with Crippen LogP contribution in [0.15, 0.2) is 45.6 Å². The average molecular weight is 340 g/mol. The van der Waals surface area contributed by atoms with Crippen molar-refractivity contribution in [3.05, 3.63) is 51.1 Å². The van der Waals surface area contributed by atoms with Crippen molar-refractivity contribution in [1.82, 2.24) is 0 Å². The predicted octanol–water partition coefficient (Wildman–Crippen LogP) is 3.24. The highest BCUT2D eigenvalue weighted by Crippen LogP contribution is 2.24. The van der Waals surface area contributed by atoms with E-state index >= 15 is 0 Å². The Morgan fingerprint density at radius 2 is 1.95 bits per heavy atom. The maximum Gasteiger partial charge on any atom is 0.323 e. The fourth-order valence-corrected chi connectivity index (χ4v) is 2.73. The molecule has 0 atom stereocenters. The molecule has 0 aliphatic rings. The molecule has 0 unspecified atom stereocenters. The SMILES string of the molecule is O=C(O)CN(C(=O)c1csc(Br)c1)c1ccccc1. The van der Waals surface area contributed by atoms with Crippen LogP contribution in [0.1, 0.15) is 10.4 Å². The van der Waals surface area contributed by atoms with E-state index in [1.807, 2.05) is 6.07 Å². The number of carbonyl (C=O) groups is 2. The molecule has 98 valence electrons. The Balaban J connectivity index is 2.33. The van der Waals surface area contributed by atoms with E-state index < -0.39 is 5.97 Å². The topological polar surface area (TPSA) is 57.6 Å². The van der Waals surface area contributed by atoms with Crippen molar-refractivity contribution in [3.8, 4) is 0 Å². The van der Waals surface area contributed by atoms with Crippen LogP contribution in [-0.2, 0) is 4.79 Å². The lowest BCUT2D eigenvalue weighted by atomic mass is 10.2. The molecule has 0 radical (unpaired) electrons. The quantitative estimate of drug-likeness (QED) is 0.930. The van der Waals surface area contributed by atoms with Crippen LogP contribution in [0.5, 0.6) is 0 Å². The summed E-state index contributed by atoms with van der Waals surface area (Å²) in [6.45, 7) is -0.365. The number of rotatable bonds is 4. The maximum absolute atomic E-state index is 12.3. The molecule has 6 heteroatoms. The number of carbonyl (C=O) groups excluding carboxylic acids is 1. The number of anilines is 1. The number of benzene rings is 1. The minimum Gasteiger partial charge on any atom is -0.480 e. The number of amides is 1. The van der Waals surface area contributed by atoms with Crippen molar-refractivity contribution < 1.29 is 14.7 Å². The molecule has 0 spiro atoms. The second-order valence-corrected chi connectivity index (χ2v) is 6.05. The molecule has 1 heterocycles. The first-order chi connectivity index (χ1) is 9.08. The number of carboxylic acids is 1. The lowest BCUT2D eigenvalue weighted by molar-refractivity contribution is -0.135. The summed E-state index contributed by atoms with van der Waals surface area (Å²) < 4.78 is 0.833. The fraction of sp³-hybridized carbons (Fsp3) is 0.0769. The zero-order chi connectivity index (χ0) is 13.8. The molecule has 1 N–H and O–H groups in total. The Morgan fingerprint density at radius 1 is 1.26 bits per heavy atom. The highest BCUT2D eigenvalue weighted by molar-refractivity contribution is 9.11. The van der Waals surface area contributed by atoms with Gasteiger partial charge in [-0.15, -0.1) is 11.3 Å². The molecule has 0 fully saturated rings. The molecule has 2 aromatic rings. The average Bonchev–Trinajstić information content (AvgIpc) is 2.83. The van der Waals surface area contributed by atoms with Gasteiger partial charge in [-0.2, -0.15) is 0 Å². The van der Waals surface area contributed by atoms with Gasteiger partial charge in [0, 0.05) is 11.1 Å². The third-order valence-corrected chi connectivity index (χ3v) is 3.93. The Labute approximate surface area is 122 Å². The summed E-state index contributed by atoms with van der Waals surface area (Å²) in [5, 5.41) is 10.6. The van der Waals surface area contributed by atoms with Gasteiger partial charge in [0.2, 0.25) is 0 Å². The van der Waals surface area contributed by atoms with Crippen molar-refractivity contribution in [2.45, 2.75) is 0 Å². The van der Waals surface area contributed by atoms with E-state index in [1.54, 1.807) is 35.7 Å². The summed E-state index contributed by atoms with van der Waals surface area (Å²) >= 11 is 4.67. The van der Waals surface area contributed by atoms with Crippen LogP contribution in [0.25, 0.3) is 0 Å². The zero-order valence-electron chi connectivity index (χ0n) is 9.75. The lowest BCUT2D eigenvalue weighted by Crippen LogP contribution is -2.35. The molecule has 4 nitrogen and oxygen atoms in total. The molecule has 0 saturated carbocycles. The van der Waals surface area contributed by atoms with Crippen molar-refractivity contribution in [2.75, 3.05) is 11.4 Å². The van der Waals surface area contributed by atoms with Gasteiger partial charge in [-0.25, -0.2) is 0 Å². The zero-order valence-corrected chi connectivity index (χ0v) is 12.1. The molecular formula is C13H10BrNO3S. The Hall–Kier alpha value is -1.66. The van der Waals surface area contributed by atoms with E-state index in [1.165, 1.54) is 16.2 Å². The summed E-state index contributed by atoms with van der Waals surface area (Å²) in [6, 6.07) is 10.4. The largest absolute Gasteiger partial charge is 0.480 e. The van der Waals surface area contributed by atoms with Gasteiger partial charge in [-0.05, 0) is 34.1 Å². The number of hydrogen-bond donors (Lipinski definition) is 1. The summed E-state index contributed by atoms with van der Waals surface area (Å²) in [5.74, 6) is -1.37. The summed E-state index contributed by atoms with van der Waals surface area (Å²) in [4.78, 5) is 24.5. The lowest BCUT2D eigenvalue weighted by Gasteiger charge is -2.20. The fourth-order valence-electron chi connectivity index (χ4n) is 1.60. The van der Waals surface area contributed by atoms with Gasteiger partial charge in [0.15, 0.2) is 0 Å². The normalized spacial score (nSPS) is 10.2. The van der Waals surface area contributed by atoms with Crippen LogP contribution >= 0.6 is 27.3 Å². The number of nitrogens with zero attached hydrogens (tertiary/aromatic N) is 1. The van der Waals surface area contributed by atoms with Crippen LogP contribution in [0.3, 0.4) is 0 Å². The van der Waals surface area contributed by atoms with Crippen LogP contribution in [0, 0.1) is 0 Å². The van der Waals surface area contributed by atoms with Gasteiger partial charge in [-0.1, -0.05) is 18.2 Å². The second-order valence-electron chi connectivity index (χ2n) is 3.76. The molecular weight excluding hydrogens is 330 g/mol. The van der Waals surface area contributed by atoms with Crippen molar-refractivity contribution in [3.63, 3.8) is 0 Å². The van der Waals surface area contributed by atoms with Gasteiger partial charge in [0.25, 0.3) is 5.91 Å². The summed E-state index contributed by atoms with van der Waals surface area (Å²) in [6.07, 6.45) is 0. The van der Waals surface area contributed by atoms with E-state index in [0.29, 0.717) is 11.3 Å². The minimum atomic E-state index is -1.05. The number of aliphatic carboxylic acids is 1. The maximum atomic E-state index is 12.3. The molecule has 0 bridgehead atoms. The molecule has 1 amide bonds. The second kappa shape index (κ2) is 5.99. The van der Waals surface area contributed by atoms with Gasteiger partial charge in [0.05, 0.1) is 9.35 Å². The molecule has 19 heavy (non-hydrogen) atoms. The Morgan fingerprint density at radius 3 is 2.47 bits per heavy atom. The highest BCUT2D eigenvalue weighted by Gasteiger charge is 2.21. The number of thiophene rings is 1. The van der Waals surface area contributed by atoms with Crippen LogP contribution < -0.4 is 4.90 Å². The number of hydrogen-bond acceptors (Lipinski definition) is 3. The first-order valence-corrected chi connectivity index (χ1v) is 7.08. The van der Waals surface area contributed by atoms with Crippen LogP contribution in [0.2, 0.25) is 0 Å². The van der Waals surface area contributed by atoms with Gasteiger partial charge in [0.1, 0.15) is 6.54 Å². The first-order valence-electron chi connectivity index (χ1n) is 5.40. The van der Waals surface area contributed by atoms with Gasteiger partial charge in [-0.3, -0.25) is 14.5 Å². The Bertz CT molecular complexity index is 597. The summed E-state index contributed by atoms with van der Waals surface area (Å²) in [5.41, 5.74) is 1.04. The molecule has 0 aliphatic heterocycles. The molecule has 0 aliphatic carbocycles. The third-order valence-electron chi connectivity index (χ3n) is 2.42. The van der Waals surface area contributed by atoms with Gasteiger partial charge >= 0.3 is 5.97 Å². The van der Waals surface area contributed by atoms with Crippen LogP contribution in [-0.4, -0.2) is 23.5 Å².